The Labute approximate surface area is 214 Å². The van der Waals surface area contributed by atoms with E-state index in [1.54, 1.807) is 4.90 Å². The largest absolute Gasteiger partial charge is 0.477 e. The number of Topliss-reactive ketones (excluding diaryl/α,β-unsaturated/α-hetero) is 1. The van der Waals surface area contributed by atoms with Crippen molar-refractivity contribution >= 4 is 41.2 Å². The first-order chi connectivity index (χ1) is 17.0. The number of nitrogens with two attached hydrogens (primary N) is 1. The Bertz CT molecular complexity index is 1020. The highest BCUT2D eigenvalue weighted by Crippen LogP contribution is 2.53. The lowest BCUT2D eigenvalue weighted by Gasteiger charge is -2.47. The molecular formula is C24H35N5O6S. The summed E-state index contributed by atoms with van der Waals surface area (Å²) in [5.41, 5.74) is 6.05. The number of fused-ring (bicyclic) bond motifs is 1. The molecule has 0 unspecified atom stereocenters. The number of carboxylic acids is 1. The van der Waals surface area contributed by atoms with Gasteiger partial charge in [0.25, 0.3) is 0 Å². The predicted molar refractivity (Wildman–Crippen MR) is 132 cm³/mol. The van der Waals surface area contributed by atoms with Crippen molar-refractivity contribution in [2.75, 3.05) is 20.1 Å². The normalized spacial score (nSPS) is 34.5. The molecular weight excluding hydrogens is 486 g/mol. The van der Waals surface area contributed by atoms with Crippen molar-refractivity contribution in [2.45, 2.75) is 69.5 Å². The topological polar surface area (TPSA) is 162 Å². The molecule has 5 N–H and O–H groups in total. The van der Waals surface area contributed by atoms with Crippen molar-refractivity contribution in [3.05, 3.63) is 10.6 Å². The number of aliphatic carboxylic acids is 1. The van der Waals surface area contributed by atoms with Crippen molar-refractivity contribution in [2.24, 2.45) is 23.5 Å². The number of hydrogen-bond donors (Lipinski definition) is 4. The molecule has 0 radical (unpaired) electrons. The number of carbonyl (C=O) groups excluding carboxylic acids is 4. The summed E-state index contributed by atoms with van der Waals surface area (Å²) in [5.74, 6) is -2.51. The van der Waals surface area contributed by atoms with E-state index in [1.807, 2.05) is 13.8 Å². The minimum absolute atomic E-state index is 0.00534. The van der Waals surface area contributed by atoms with Gasteiger partial charge < -0.3 is 36.1 Å². The summed E-state index contributed by atoms with van der Waals surface area (Å²) in [7, 11) is 1.53. The molecule has 3 amide bonds. The Morgan fingerprint density at radius 2 is 1.97 bits per heavy atom. The van der Waals surface area contributed by atoms with Crippen LogP contribution >= 0.6 is 11.8 Å². The zero-order valence-electron chi connectivity index (χ0n) is 21.0. The molecule has 0 bridgehead atoms. The number of carboxylic acid groups (broad SMARTS) is 1. The monoisotopic (exact) mass is 521 g/mol. The molecule has 36 heavy (non-hydrogen) atoms. The first-order valence-corrected chi connectivity index (χ1v) is 13.3. The number of nitrogens with zero attached hydrogens (tertiary/aromatic N) is 2. The number of likely N-dealkylation sites (tertiary alicyclic amines) is 1. The molecule has 0 aromatic carbocycles. The molecule has 0 aromatic rings. The zero-order valence-corrected chi connectivity index (χ0v) is 21.8. The van der Waals surface area contributed by atoms with Crippen LogP contribution in [-0.4, -0.2) is 93.9 Å². The average Bonchev–Trinajstić information content (AvgIpc) is 3.49. The lowest BCUT2D eigenvalue weighted by atomic mass is 9.73. The van der Waals surface area contributed by atoms with Gasteiger partial charge >= 0.3 is 5.97 Å². The second-order valence-electron chi connectivity index (χ2n) is 10.5. The number of carbonyl (C=O) groups is 5. The molecule has 198 valence electrons. The molecule has 4 aliphatic heterocycles. The Balaban J connectivity index is 1.46. The number of likely N-dealkylation sites (N-methyl/N-ethyl adjacent to an activating group) is 1. The van der Waals surface area contributed by atoms with E-state index in [0.29, 0.717) is 30.8 Å². The van der Waals surface area contributed by atoms with Crippen molar-refractivity contribution in [3.63, 3.8) is 0 Å². The molecule has 3 saturated heterocycles. The first kappa shape index (κ1) is 26.6. The van der Waals surface area contributed by atoms with E-state index in [9.17, 15) is 29.1 Å². The van der Waals surface area contributed by atoms with Crippen LogP contribution in [0.4, 0.5) is 0 Å². The molecule has 12 heteroatoms. The molecule has 0 aromatic heterocycles. The fraction of sp³-hybridized carbons (Fsp3) is 0.708. The van der Waals surface area contributed by atoms with Crippen LogP contribution in [0.15, 0.2) is 10.6 Å². The maximum absolute atomic E-state index is 13.2. The molecule has 0 spiro atoms. The SMILES string of the molecule is CNC(=O)[C@@H]1C[C@H](N)CN1C(=O)[C@@H]1C[C@H](SC2=C(C(=O)O)N3C(=O)[C@H]([C@@H](C)CC(C)=O)[C@H]3[C@H]2C)CN1. The number of hydrogen-bond acceptors (Lipinski definition) is 8. The summed E-state index contributed by atoms with van der Waals surface area (Å²) in [5, 5.41) is 15.7. The van der Waals surface area contributed by atoms with Crippen molar-refractivity contribution in [3.8, 4) is 0 Å². The van der Waals surface area contributed by atoms with Gasteiger partial charge in [0.05, 0.1) is 18.0 Å². The van der Waals surface area contributed by atoms with Gasteiger partial charge in [0, 0.05) is 48.7 Å². The van der Waals surface area contributed by atoms with Gasteiger partial charge in [-0.15, -0.1) is 11.8 Å². The maximum atomic E-state index is 13.2. The summed E-state index contributed by atoms with van der Waals surface area (Å²) < 4.78 is 0. The smallest absolute Gasteiger partial charge is 0.353 e. The van der Waals surface area contributed by atoms with Gasteiger partial charge in [-0.1, -0.05) is 13.8 Å². The Morgan fingerprint density at radius 3 is 2.58 bits per heavy atom. The summed E-state index contributed by atoms with van der Waals surface area (Å²) in [6.45, 7) is 6.11. The van der Waals surface area contributed by atoms with Crippen LogP contribution in [-0.2, 0) is 24.0 Å². The first-order valence-electron chi connectivity index (χ1n) is 12.4. The van der Waals surface area contributed by atoms with Gasteiger partial charge in [0.1, 0.15) is 17.5 Å². The van der Waals surface area contributed by atoms with Gasteiger partial charge in [-0.2, -0.15) is 0 Å². The van der Waals surface area contributed by atoms with E-state index < -0.39 is 18.1 Å². The summed E-state index contributed by atoms with van der Waals surface area (Å²) in [6, 6.07) is -1.62. The zero-order chi connectivity index (χ0) is 26.5. The van der Waals surface area contributed by atoms with Crippen molar-refractivity contribution < 1.29 is 29.1 Å². The minimum Gasteiger partial charge on any atom is -0.477 e. The van der Waals surface area contributed by atoms with E-state index in [1.165, 1.54) is 30.6 Å². The van der Waals surface area contributed by atoms with Gasteiger partial charge in [-0.25, -0.2) is 4.79 Å². The lowest BCUT2D eigenvalue weighted by molar-refractivity contribution is -0.160. The molecule has 11 nitrogen and oxygen atoms in total. The van der Waals surface area contributed by atoms with Crippen LogP contribution < -0.4 is 16.4 Å². The fourth-order valence-electron chi connectivity index (χ4n) is 6.24. The maximum Gasteiger partial charge on any atom is 0.353 e. The lowest BCUT2D eigenvalue weighted by Crippen LogP contribution is -2.62. The average molecular weight is 522 g/mol. The Kier molecular flexibility index (Phi) is 7.50. The molecule has 3 fully saturated rings. The van der Waals surface area contributed by atoms with Gasteiger partial charge in [0.15, 0.2) is 0 Å². The van der Waals surface area contributed by atoms with Gasteiger partial charge in [-0.05, 0) is 25.7 Å². The third kappa shape index (κ3) is 4.54. The quantitative estimate of drug-likeness (QED) is 0.309. The number of thioether (sulfide) groups is 1. The van der Waals surface area contributed by atoms with E-state index in [4.69, 9.17) is 5.73 Å². The van der Waals surface area contributed by atoms with Crippen LogP contribution in [0.5, 0.6) is 0 Å². The highest BCUT2D eigenvalue weighted by molar-refractivity contribution is 8.03. The van der Waals surface area contributed by atoms with E-state index in [-0.39, 0.29) is 70.7 Å². The molecule has 0 saturated carbocycles. The Hall–Kier alpha value is -2.44. The van der Waals surface area contributed by atoms with E-state index in [2.05, 4.69) is 10.6 Å². The molecule has 0 aliphatic carbocycles. The van der Waals surface area contributed by atoms with Crippen LogP contribution in [0.25, 0.3) is 0 Å². The van der Waals surface area contributed by atoms with Gasteiger partial charge in [-0.3, -0.25) is 14.4 Å². The Morgan fingerprint density at radius 1 is 1.28 bits per heavy atom. The third-order valence-corrected chi connectivity index (χ3v) is 9.37. The number of nitrogens with one attached hydrogen (secondary N) is 2. The van der Waals surface area contributed by atoms with Crippen LogP contribution in [0.1, 0.15) is 40.0 Å². The van der Waals surface area contributed by atoms with Crippen LogP contribution in [0, 0.1) is 17.8 Å². The standard InChI is InChI=1S/C24H35N5O6S/c1-10(5-11(2)30)17-18-12(3)20(19(24(34)35)29(18)23(17)33)36-14-7-15(27-8-14)22(32)28-9-13(25)6-16(28)21(31)26-4/h10,12-18,27H,5-9,25H2,1-4H3,(H,26,31)(H,34,35)/t10-,12+,13-,14-,15-,16-,17+,18+/m0/s1. The fourth-order valence-corrected chi connectivity index (χ4v) is 7.71. The number of ketones is 1. The van der Waals surface area contributed by atoms with Crippen molar-refractivity contribution in [1.82, 2.24) is 20.4 Å². The summed E-state index contributed by atoms with van der Waals surface area (Å²) >= 11 is 1.41. The molecule has 4 aliphatic rings. The predicted octanol–water partition coefficient (Wildman–Crippen LogP) is -0.488. The van der Waals surface area contributed by atoms with Crippen LogP contribution in [0.2, 0.25) is 0 Å². The van der Waals surface area contributed by atoms with Crippen LogP contribution in [0.3, 0.4) is 0 Å². The molecule has 4 heterocycles. The molecule has 4 rings (SSSR count). The number of rotatable bonds is 8. The summed E-state index contributed by atoms with van der Waals surface area (Å²) in [6.07, 6.45) is 1.17. The second-order valence-corrected chi connectivity index (χ2v) is 11.8. The van der Waals surface area contributed by atoms with E-state index in [0.717, 1.165) is 0 Å². The second kappa shape index (κ2) is 10.1. The highest BCUT2D eigenvalue weighted by atomic mass is 32.2. The third-order valence-electron chi connectivity index (χ3n) is 7.86. The van der Waals surface area contributed by atoms with Gasteiger partial charge in [0.2, 0.25) is 17.7 Å². The van der Waals surface area contributed by atoms with E-state index >= 15 is 0 Å². The van der Waals surface area contributed by atoms with Crippen molar-refractivity contribution in [1.29, 1.82) is 0 Å². The molecule has 8 atom stereocenters. The summed E-state index contributed by atoms with van der Waals surface area (Å²) in [4.78, 5) is 65.8. The highest BCUT2D eigenvalue weighted by Gasteiger charge is 2.60. The number of β-lactam (4-membered cyclic amide) rings is 1. The number of amides is 3. The minimum atomic E-state index is -1.14.